The van der Waals surface area contributed by atoms with Crippen LogP contribution in [0.4, 0.5) is 0 Å². The first-order chi connectivity index (χ1) is 0. The zero-order valence-electron chi connectivity index (χ0n) is 2.97. The van der Waals surface area contributed by atoms with Gasteiger partial charge in [-0.3, -0.25) is 0 Å². The van der Waals surface area contributed by atoms with Gasteiger partial charge in [0.1, 0.15) is 0 Å². The van der Waals surface area contributed by atoms with Gasteiger partial charge in [0.25, 0.3) is 0 Å². The third kappa shape index (κ3) is 57.6. The summed E-state index contributed by atoms with van der Waals surface area (Å²) in [4.78, 5) is 0. The molecule has 0 nitrogen and oxygen atoms in total. The Balaban J connectivity index is 0. The Labute approximate surface area is 108 Å². The Morgan fingerprint density at radius 3 is 0.429 bits per heavy atom. The fourth-order valence-electron chi connectivity index (χ4n) is 0. The van der Waals surface area contributed by atoms with Crippen molar-refractivity contribution in [1.82, 2.24) is 0 Å². The van der Waals surface area contributed by atoms with Crippen LogP contribution in [-0.2, 0) is 0 Å². The van der Waals surface area contributed by atoms with Gasteiger partial charge in [0.15, 0.2) is 0 Å². The van der Waals surface area contributed by atoms with E-state index in [1.54, 1.807) is 0 Å². The summed E-state index contributed by atoms with van der Waals surface area (Å²) in [5.74, 6) is 0. The maximum Gasteiger partial charge on any atom is 3.00 e. The monoisotopic (exact) mass is 288 g/mol. The molecule has 0 atom stereocenters. The Morgan fingerprint density at radius 1 is 0.429 bits per heavy atom. The van der Waals surface area contributed by atoms with Crippen molar-refractivity contribution in [3.63, 3.8) is 0 Å². The number of hydrogen-bond donors (Lipinski definition) is 0. The fraction of sp³-hybridized carbons (Fsp3) is 0. The Kier molecular flexibility index (Phi) is 1210. The van der Waals surface area contributed by atoms with Crippen LogP contribution in [0.15, 0.2) is 0 Å². The van der Waals surface area contributed by atoms with Crippen molar-refractivity contribution in [1.29, 1.82) is 0 Å². The zero-order chi connectivity index (χ0) is 0. The smallest absolute Gasteiger partial charge is 1.00 e. The molecule has 0 aromatic heterocycles. The van der Waals surface area contributed by atoms with Gasteiger partial charge in [-0.15, -0.1) is 0 Å². The molecule has 0 aliphatic carbocycles. The third-order valence-corrected chi connectivity index (χ3v) is 0. The van der Waals surface area contributed by atoms with Crippen LogP contribution in [0.1, 0.15) is 0 Å². The maximum atomic E-state index is 0. The van der Waals surface area contributed by atoms with E-state index in [2.05, 4.69) is 0 Å². The molecule has 0 saturated carbocycles. The molecule has 0 aromatic rings. The van der Waals surface area contributed by atoms with Gasteiger partial charge in [-0.2, -0.15) is 0 Å². The third-order valence-electron chi connectivity index (χ3n) is 0. The second-order valence-electron chi connectivity index (χ2n) is 0. The van der Waals surface area contributed by atoms with Gasteiger partial charge in [-0.05, 0) is 0 Å². The van der Waals surface area contributed by atoms with Gasteiger partial charge in [0.05, 0.1) is 0 Å². The summed E-state index contributed by atoms with van der Waals surface area (Å²) in [6, 6.07) is 0. The van der Waals surface area contributed by atoms with Crippen molar-refractivity contribution >= 4 is 37.7 Å². The number of halogens is 5. The van der Waals surface area contributed by atoms with Crippen LogP contribution in [0, 0.1) is 49.4 Å². The van der Waals surface area contributed by atoms with E-state index in [1.807, 2.05) is 0 Å². The predicted molar refractivity (Wildman–Crippen MR) is 5.75 cm³/mol. The van der Waals surface area contributed by atoms with E-state index in [0.29, 0.717) is 0 Å². The van der Waals surface area contributed by atoms with Crippen LogP contribution in [0.25, 0.3) is 0 Å². The van der Waals surface area contributed by atoms with Crippen molar-refractivity contribution in [3.05, 3.63) is 0 Å². The molecule has 0 aliphatic rings. The van der Waals surface area contributed by atoms with E-state index in [1.165, 1.54) is 0 Å². The van der Waals surface area contributed by atoms with E-state index in [4.69, 9.17) is 0 Å². The minimum atomic E-state index is 0. The van der Waals surface area contributed by atoms with Crippen LogP contribution < -0.4 is 23.5 Å². The SMILES string of the molecule is [Ca+2].[Eu+3].[F-].[F-].[F-].[F-].[F-]. The molecule has 7 heteroatoms. The van der Waals surface area contributed by atoms with Crippen LogP contribution in [-0.4, -0.2) is 37.7 Å². The average Bonchev–Trinajstić information content (AvgIpc) is 0. The first-order valence-electron chi connectivity index (χ1n) is 0. The van der Waals surface area contributed by atoms with Crippen LogP contribution in [0.3, 0.4) is 0 Å². The van der Waals surface area contributed by atoms with Crippen molar-refractivity contribution in [2.75, 3.05) is 0 Å². The van der Waals surface area contributed by atoms with Crippen molar-refractivity contribution in [2.45, 2.75) is 0 Å². The first-order valence-corrected chi connectivity index (χ1v) is 0. The molecule has 0 N–H and O–H groups in total. The summed E-state index contributed by atoms with van der Waals surface area (Å²) in [7, 11) is 0. The molecule has 0 amide bonds. The molecule has 0 aromatic carbocycles. The fourth-order valence-corrected chi connectivity index (χ4v) is 0. The van der Waals surface area contributed by atoms with Crippen LogP contribution in [0.2, 0.25) is 0 Å². The molecule has 0 bridgehead atoms. The van der Waals surface area contributed by atoms with E-state index in [0.717, 1.165) is 0 Å². The van der Waals surface area contributed by atoms with Gasteiger partial charge >= 0.3 is 87.1 Å². The number of hydrogen-bond acceptors (Lipinski definition) is 0. The average molecular weight is 287 g/mol. The summed E-state index contributed by atoms with van der Waals surface area (Å²) in [5, 5.41) is 0. The molecule has 0 heterocycles. The van der Waals surface area contributed by atoms with E-state index in [-0.39, 0.29) is 111 Å². The van der Waals surface area contributed by atoms with Crippen LogP contribution in [0.5, 0.6) is 0 Å². The quantitative estimate of drug-likeness (QED) is 0.307. The Morgan fingerprint density at radius 2 is 0.429 bits per heavy atom. The van der Waals surface area contributed by atoms with Gasteiger partial charge in [0, 0.05) is 0 Å². The van der Waals surface area contributed by atoms with Crippen molar-refractivity contribution in [2.24, 2.45) is 0 Å². The summed E-state index contributed by atoms with van der Waals surface area (Å²) >= 11 is 0. The second-order valence-corrected chi connectivity index (χ2v) is 0. The minimum Gasteiger partial charge on any atom is -1.00 e. The van der Waals surface area contributed by atoms with E-state index in [9.17, 15) is 0 Å². The molecule has 0 spiro atoms. The van der Waals surface area contributed by atoms with E-state index >= 15 is 0 Å². The Hall–Kier alpha value is 2.49. The second kappa shape index (κ2) is 76.7. The van der Waals surface area contributed by atoms with Crippen molar-refractivity contribution < 1.29 is 72.9 Å². The summed E-state index contributed by atoms with van der Waals surface area (Å²) in [5.41, 5.74) is 0. The minimum absolute atomic E-state index is 0. The summed E-state index contributed by atoms with van der Waals surface area (Å²) < 4.78 is 0. The molecular formula is CaEuF5. The molecule has 7 heavy (non-hydrogen) atoms. The summed E-state index contributed by atoms with van der Waals surface area (Å²) in [6.07, 6.45) is 0. The number of rotatable bonds is 0. The zero-order valence-corrected chi connectivity index (χ0v) is 7.61. The van der Waals surface area contributed by atoms with Crippen molar-refractivity contribution in [3.8, 4) is 0 Å². The van der Waals surface area contributed by atoms with Gasteiger partial charge < -0.3 is 23.5 Å². The molecule has 0 aliphatic heterocycles. The normalized spacial score (nSPS) is 0. The van der Waals surface area contributed by atoms with E-state index < -0.39 is 0 Å². The molecule has 0 fully saturated rings. The van der Waals surface area contributed by atoms with Crippen LogP contribution >= 0.6 is 0 Å². The molecule has 0 saturated heterocycles. The largest absolute Gasteiger partial charge is 3.00 e. The topological polar surface area (TPSA) is 0 Å². The standard InChI is InChI=1S/Ca.Eu.5FH/h;;5*1H/q+2;+3;;;;;/p-5. The van der Waals surface area contributed by atoms with Gasteiger partial charge in [-0.25, -0.2) is 0 Å². The first kappa shape index (κ1) is 110. The molecular weight excluding hydrogens is 287 g/mol. The predicted octanol–water partition coefficient (Wildman–Crippen LogP) is -15.4. The molecule has 0 unspecified atom stereocenters. The Bertz CT molecular complexity index is 8.04. The van der Waals surface area contributed by atoms with Gasteiger partial charge in [0.2, 0.25) is 0 Å². The summed E-state index contributed by atoms with van der Waals surface area (Å²) in [6.45, 7) is 0. The van der Waals surface area contributed by atoms with Gasteiger partial charge in [-0.1, -0.05) is 0 Å². The molecule has 0 radical (unpaired) electrons. The molecule has 44 valence electrons. The molecule has 0 rings (SSSR count). The maximum absolute atomic E-state index is 0.